The van der Waals surface area contributed by atoms with Crippen molar-refractivity contribution in [1.82, 2.24) is 20.1 Å². The molecule has 0 aliphatic carbocycles. The second kappa shape index (κ2) is 8.87. The van der Waals surface area contributed by atoms with E-state index in [2.05, 4.69) is 15.4 Å². The number of methoxy groups -OCH3 is 1. The third kappa shape index (κ3) is 4.89. The molecule has 0 unspecified atom stereocenters. The van der Waals surface area contributed by atoms with Crippen LogP contribution in [0.4, 0.5) is 0 Å². The first kappa shape index (κ1) is 19.9. The fourth-order valence-electron chi connectivity index (χ4n) is 2.70. The summed E-state index contributed by atoms with van der Waals surface area (Å²) in [5, 5.41) is 7.03. The van der Waals surface area contributed by atoms with Crippen LogP contribution in [0.2, 0.25) is 0 Å². The summed E-state index contributed by atoms with van der Waals surface area (Å²) in [5.74, 6) is -0.196. The van der Waals surface area contributed by atoms with Crippen LogP contribution in [0.25, 0.3) is 5.69 Å². The second-order valence-electron chi connectivity index (χ2n) is 6.25. The first-order chi connectivity index (χ1) is 14.0. The lowest BCUT2D eigenvalue weighted by atomic mass is 10.1. The number of aromatic nitrogens is 3. The third-order valence-electron chi connectivity index (χ3n) is 4.22. The van der Waals surface area contributed by atoms with Crippen molar-refractivity contribution in [2.45, 2.75) is 13.0 Å². The molecule has 9 heteroatoms. The maximum atomic E-state index is 12.6. The molecule has 3 aromatic rings. The Morgan fingerprint density at radius 1 is 1.17 bits per heavy atom. The van der Waals surface area contributed by atoms with E-state index in [9.17, 15) is 9.59 Å². The number of benzene rings is 2. The van der Waals surface area contributed by atoms with E-state index in [4.69, 9.17) is 15.2 Å². The summed E-state index contributed by atoms with van der Waals surface area (Å²) >= 11 is 0. The number of nitrogens with one attached hydrogen (secondary N) is 1. The molecule has 0 aliphatic rings. The van der Waals surface area contributed by atoms with E-state index in [0.717, 1.165) is 11.3 Å². The molecule has 150 valence electrons. The minimum atomic E-state index is -0.600. The summed E-state index contributed by atoms with van der Waals surface area (Å²) in [6.45, 7) is 1.62. The predicted molar refractivity (Wildman–Crippen MR) is 105 cm³/mol. The quantitative estimate of drug-likeness (QED) is 0.598. The highest BCUT2D eigenvalue weighted by Crippen LogP contribution is 2.28. The van der Waals surface area contributed by atoms with Crippen molar-refractivity contribution in [1.29, 1.82) is 0 Å². The molecule has 0 fully saturated rings. The van der Waals surface area contributed by atoms with Crippen molar-refractivity contribution < 1.29 is 19.1 Å². The van der Waals surface area contributed by atoms with Crippen molar-refractivity contribution in [3.63, 3.8) is 0 Å². The fraction of sp³-hybridized carbons (Fsp3) is 0.200. The van der Waals surface area contributed by atoms with Gasteiger partial charge >= 0.3 is 0 Å². The number of primary amides is 1. The van der Waals surface area contributed by atoms with E-state index in [0.29, 0.717) is 17.1 Å². The summed E-state index contributed by atoms with van der Waals surface area (Å²) in [6.07, 6.45) is 3.08. The van der Waals surface area contributed by atoms with Crippen molar-refractivity contribution in [3.8, 4) is 17.2 Å². The van der Waals surface area contributed by atoms with E-state index in [1.165, 1.54) is 13.4 Å². The number of nitrogens with zero attached hydrogens (tertiary/aromatic N) is 3. The lowest BCUT2D eigenvalue weighted by molar-refractivity contribution is -0.119. The highest BCUT2D eigenvalue weighted by atomic mass is 16.5. The molecule has 9 nitrogen and oxygen atoms in total. The lowest BCUT2D eigenvalue weighted by Crippen LogP contribution is -2.26. The van der Waals surface area contributed by atoms with Crippen LogP contribution in [0.15, 0.2) is 55.1 Å². The van der Waals surface area contributed by atoms with E-state index >= 15 is 0 Å². The van der Waals surface area contributed by atoms with Gasteiger partial charge in [-0.1, -0.05) is 12.1 Å². The molecule has 0 bridgehead atoms. The summed E-state index contributed by atoms with van der Waals surface area (Å²) in [6, 6.07) is 12.1. The number of carbonyl (C=O) groups excluding carboxylic acids is 2. The normalized spacial score (nSPS) is 11.5. The van der Waals surface area contributed by atoms with Gasteiger partial charge in [0.1, 0.15) is 12.7 Å². The van der Waals surface area contributed by atoms with Crippen LogP contribution >= 0.6 is 0 Å². The largest absolute Gasteiger partial charge is 0.493 e. The minimum absolute atomic E-state index is 0.218. The molecule has 1 heterocycles. The van der Waals surface area contributed by atoms with Gasteiger partial charge in [0, 0.05) is 5.56 Å². The summed E-state index contributed by atoms with van der Waals surface area (Å²) in [5.41, 5.74) is 7.30. The topological polar surface area (TPSA) is 121 Å². The molecule has 1 atom stereocenters. The van der Waals surface area contributed by atoms with Crippen LogP contribution in [-0.4, -0.2) is 40.3 Å². The molecule has 1 aromatic heterocycles. The Balaban J connectivity index is 1.68. The van der Waals surface area contributed by atoms with Crippen LogP contribution in [0, 0.1) is 0 Å². The summed E-state index contributed by atoms with van der Waals surface area (Å²) < 4.78 is 12.2. The number of amides is 2. The number of hydrogen-bond donors (Lipinski definition) is 2. The predicted octanol–water partition coefficient (Wildman–Crippen LogP) is 1.63. The maximum Gasteiger partial charge on any atom is 0.255 e. The van der Waals surface area contributed by atoms with E-state index in [1.807, 2.05) is 31.2 Å². The van der Waals surface area contributed by atoms with Gasteiger partial charge in [-0.2, -0.15) is 5.10 Å². The van der Waals surface area contributed by atoms with Gasteiger partial charge in [-0.3, -0.25) is 9.59 Å². The smallest absolute Gasteiger partial charge is 0.255 e. The van der Waals surface area contributed by atoms with Gasteiger partial charge in [-0.25, -0.2) is 9.67 Å². The van der Waals surface area contributed by atoms with E-state index < -0.39 is 5.91 Å². The molecule has 2 aromatic carbocycles. The standard InChI is InChI=1S/C20H21N5O4/c1-13(14-3-6-16(7-4-14)25-12-22-11-23-25)24-20(27)15-5-8-17(18(9-15)28-2)29-10-19(21)26/h3-9,11-13H,10H2,1-2H3,(H2,21,26)(H,24,27)/t13-/m0/s1. The molecule has 0 saturated carbocycles. The molecule has 3 N–H and O–H groups in total. The first-order valence-electron chi connectivity index (χ1n) is 8.83. The molecule has 3 rings (SSSR count). The molecule has 0 radical (unpaired) electrons. The molecular formula is C20H21N5O4. The van der Waals surface area contributed by atoms with Crippen LogP contribution in [0.3, 0.4) is 0 Å². The minimum Gasteiger partial charge on any atom is -0.493 e. The second-order valence-corrected chi connectivity index (χ2v) is 6.25. The Morgan fingerprint density at radius 2 is 1.93 bits per heavy atom. The first-order valence-corrected chi connectivity index (χ1v) is 8.83. The number of nitrogens with two attached hydrogens (primary N) is 1. The third-order valence-corrected chi connectivity index (χ3v) is 4.22. The Bertz CT molecular complexity index is 987. The van der Waals surface area contributed by atoms with Gasteiger partial charge in [0.05, 0.1) is 18.8 Å². The van der Waals surface area contributed by atoms with Crippen molar-refractivity contribution in [2.24, 2.45) is 5.73 Å². The highest BCUT2D eigenvalue weighted by Gasteiger charge is 2.15. The zero-order valence-corrected chi connectivity index (χ0v) is 16.0. The van der Waals surface area contributed by atoms with Gasteiger partial charge in [0.15, 0.2) is 18.1 Å². The SMILES string of the molecule is COc1cc(C(=O)N[C@@H](C)c2ccc(-n3cncn3)cc2)ccc1OCC(N)=O. The number of ether oxygens (including phenoxy) is 2. The highest BCUT2D eigenvalue weighted by molar-refractivity contribution is 5.95. The zero-order valence-electron chi connectivity index (χ0n) is 16.0. The van der Waals surface area contributed by atoms with Crippen LogP contribution in [0.1, 0.15) is 28.9 Å². The fourth-order valence-corrected chi connectivity index (χ4v) is 2.70. The Morgan fingerprint density at radius 3 is 2.55 bits per heavy atom. The molecule has 0 saturated heterocycles. The monoisotopic (exact) mass is 395 g/mol. The van der Waals surface area contributed by atoms with Crippen LogP contribution in [-0.2, 0) is 4.79 Å². The van der Waals surface area contributed by atoms with Crippen molar-refractivity contribution in [2.75, 3.05) is 13.7 Å². The van der Waals surface area contributed by atoms with Gasteiger partial charge in [0.25, 0.3) is 11.8 Å². The summed E-state index contributed by atoms with van der Waals surface area (Å²) in [7, 11) is 1.45. The number of rotatable bonds is 8. The Kier molecular flexibility index (Phi) is 6.08. The maximum absolute atomic E-state index is 12.6. The number of hydrogen-bond acceptors (Lipinski definition) is 6. The molecule has 0 aliphatic heterocycles. The lowest BCUT2D eigenvalue weighted by Gasteiger charge is -2.16. The molecule has 29 heavy (non-hydrogen) atoms. The van der Waals surface area contributed by atoms with Crippen molar-refractivity contribution >= 4 is 11.8 Å². The average molecular weight is 395 g/mol. The molecule has 2 amide bonds. The van der Waals surface area contributed by atoms with E-state index in [-0.39, 0.29) is 18.6 Å². The van der Waals surface area contributed by atoms with Crippen molar-refractivity contribution in [3.05, 3.63) is 66.2 Å². The van der Waals surface area contributed by atoms with Crippen LogP contribution < -0.4 is 20.5 Å². The average Bonchev–Trinajstić information content (AvgIpc) is 3.27. The Hall–Kier alpha value is -3.88. The molecule has 0 spiro atoms. The van der Waals surface area contributed by atoms with E-state index in [1.54, 1.807) is 29.2 Å². The van der Waals surface area contributed by atoms with Gasteiger partial charge in [0.2, 0.25) is 0 Å². The summed E-state index contributed by atoms with van der Waals surface area (Å²) in [4.78, 5) is 27.4. The zero-order chi connectivity index (χ0) is 20.8. The molecular weight excluding hydrogens is 374 g/mol. The van der Waals surface area contributed by atoms with Gasteiger partial charge < -0.3 is 20.5 Å². The van der Waals surface area contributed by atoms with Crippen LogP contribution in [0.5, 0.6) is 11.5 Å². The number of carbonyl (C=O) groups is 2. The van der Waals surface area contributed by atoms with Gasteiger partial charge in [-0.15, -0.1) is 0 Å². The Labute approximate surface area is 167 Å². The van der Waals surface area contributed by atoms with Gasteiger partial charge in [-0.05, 0) is 42.8 Å².